The molecule has 13 atom stereocenters. The number of nitrogens with zero attached hydrogens (tertiary/aromatic N) is 1. The number of aliphatic hydroxyl groups is 5. The predicted molar refractivity (Wildman–Crippen MR) is 129 cm³/mol. The van der Waals surface area contributed by atoms with Gasteiger partial charge in [0.1, 0.15) is 49.0 Å². The van der Waals surface area contributed by atoms with Gasteiger partial charge in [-0.3, -0.25) is 14.3 Å². The predicted octanol–water partition coefficient (Wildman–Crippen LogP) is -5.97. The third-order valence-corrected chi connectivity index (χ3v) is 7.24. The molecule has 222 valence electrons. The SMILES string of the molecule is Cc1cn([C@H]2C[C@H](O)[C@@H](CO[C@@H]3O[C@H](CO[C@@H]4O[C@H](CN)[C@@H](O)[C@H](O)[C@H]4N)[C@@H](O)[C@H](O)[C@H]3N)O2)c(=O)[nH]c1=O. The van der Waals surface area contributed by atoms with E-state index < -0.39 is 91.0 Å². The normalized spacial score (nSPS) is 43.1. The maximum Gasteiger partial charge on any atom is 0.330 e. The summed E-state index contributed by atoms with van der Waals surface area (Å²) in [6.07, 6.45) is -11.6. The lowest BCUT2D eigenvalue weighted by Gasteiger charge is -2.43. The first kappa shape index (κ1) is 30.1. The van der Waals surface area contributed by atoms with Crippen LogP contribution in [0.3, 0.4) is 0 Å². The topological polar surface area (TPSA) is 280 Å². The van der Waals surface area contributed by atoms with E-state index in [1.54, 1.807) is 0 Å². The van der Waals surface area contributed by atoms with Gasteiger partial charge in [-0.1, -0.05) is 0 Å². The van der Waals surface area contributed by atoms with E-state index in [2.05, 4.69) is 4.98 Å². The van der Waals surface area contributed by atoms with Crippen molar-refractivity contribution in [3.05, 3.63) is 32.6 Å². The second-order valence-electron chi connectivity index (χ2n) is 10.0. The van der Waals surface area contributed by atoms with E-state index >= 15 is 0 Å². The molecule has 0 bridgehead atoms. The first-order valence-corrected chi connectivity index (χ1v) is 12.6. The number of ether oxygens (including phenoxy) is 5. The number of H-pyrrole nitrogens is 1. The Labute approximate surface area is 222 Å². The molecule has 1 aromatic heterocycles. The van der Waals surface area contributed by atoms with Gasteiger partial charge >= 0.3 is 5.69 Å². The van der Waals surface area contributed by atoms with E-state index in [0.717, 1.165) is 0 Å². The zero-order valence-corrected chi connectivity index (χ0v) is 21.2. The van der Waals surface area contributed by atoms with Crippen LogP contribution in [0.5, 0.6) is 0 Å². The van der Waals surface area contributed by atoms with Crippen molar-refractivity contribution in [2.45, 2.75) is 93.1 Å². The third-order valence-electron chi connectivity index (χ3n) is 7.24. The first-order chi connectivity index (χ1) is 18.4. The van der Waals surface area contributed by atoms with Crippen molar-refractivity contribution in [1.82, 2.24) is 9.55 Å². The van der Waals surface area contributed by atoms with Gasteiger partial charge in [0.2, 0.25) is 0 Å². The van der Waals surface area contributed by atoms with Crippen molar-refractivity contribution >= 4 is 0 Å². The Morgan fingerprint density at radius 1 is 0.897 bits per heavy atom. The molecule has 0 spiro atoms. The number of aromatic nitrogens is 2. The number of aromatic amines is 1. The molecular formula is C22H37N5O12. The highest BCUT2D eigenvalue weighted by Crippen LogP contribution is 2.29. The second kappa shape index (κ2) is 12.4. The number of hydrogen-bond donors (Lipinski definition) is 9. The largest absolute Gasteiger partial charge is 0.390 e. The molecule has 0 amide bonds. The van der Waals surface area contributed by atoms with Crippen molar-refractivity contribution in [1.29, 1.82) is 0 Å². The molecule has 0 unspecified atom stereocenters. The minimum Gasteiger partial charge on any atom is -0.390 e. The molecule has 4 heterocycles. The number of nitrogens with two attached hydrogens (primary N) is 3. The zero-order valence-electron chi connectivity index (χ0n) is 21.2. The fraction of sp³-hybridized carbons (Fsp3) is 0.818. The van der Waals surface area contributed by atoms with Gasteiger partial charge in [0.05, 0.1) is 31.4 Å². The molecule has 39 heavy (non-hydrogen) atoms. The van der Waals surface area contributed by atoms with Crippen molar-refractivity contribution < 1.29 is 49.2 Å². The van der Waals surface area contributed by atoms with E-state index in [1.165, 1.54) is 17.7 Å². The van der Waals surface area contributed by atoms with Crippen LogP contribution in [0.4, 0.5) is 0 Å². The summed E-state index contributed by atoms with van der Waals surface area (Å²) in [5.74, 6) is 0. The van der Waals surface area contributed by atoms with Crippen molar-refractivity contribution in [2.24, 2.45) is 17.2 Å². The van der Waals surface area contributed by atoms with Gasteiger partial charge in [0, 0.05) is 24.7 Å². The van der Waals surface area contributed by atoms with Crippen LogP contribution in [-0.2, 0) is 23.7 Å². The standard InChI is InChI=1S/C22H37N5O12/c1-7-4-27(22(34)26-19(7)33)12-2-8(28)10(37-12)5-35-21-14(25)18(32)16(30)11(39-21)6-36-20-13(24)17(31)15(29)9(3-23)38-20/h4,8-18,20-21,28-32H,2-3,5-6,23-25H2,1H3,(H,26,33,34)/t8-,9+,10+,11+,12+,13+,14+,15+,16+,17+,18+,20+,21+/m0/s1. The molecule has 1 aromatic rings. The van der Waals surface area contributed by atoms with Gasteiger partial charge in [-0.05, 0) is 6.92 Å². The highest BCUT2D eigenvalue weighted by Gasteiger charge is 2.47. The van der Waals surface area contributed by atoms with Crippen LogP contribution in [0.1, 0.15) is 18.2 Å². The minimum absolute atomic E-state index is 0.0424. The maximum atomic E-state index is 12.2. The molecule has 3 aliphatic rings. The molecule has 3 aliphatic heterocycles. The molecule has 0 aromatic carbocycles. The van der Waals surface area contributed by atoms with Crippen LogP contribution >= 0.6 is 0 Å². The molecule has 3 saturated heterocycles. The van der Waals surface area contributed by atoms with Crippen LogP contribution in [0.15, 0.2) is 15.8 Å². The van der Waals surface area contributed by atoms with Crippen LogP contribution < -0.4 is 28.5 Å². The Kier molecular flexibility index (Phi) is 9.54. The Morgan fingerprint density at radius 2 is 1.44 bits per heavy atom. The average molecular weight is 564 g/mol. The Bertz CT molecular complexity index is 1090. The minimum atomic E-state index is -1.48. The van der Waals surface area contributed by atoms with Gasteiger partial charge in [-0.2, -0.15) is 0 Å². The third kappa shape index (κ3) is 6.25. The summed E-state index contributed by atoms with van der Waals surface area (Å²) in [6, 6.07) is -2.31. The summed E-state index contributed by atoms with van der Waals surface area (Å²) in [5, 5.41) is 51.5. The molecule has 3 fully saturated rings. The van der Waals surface area contributed by atoms with E-state index in [-0.39, 0.29) is 26.2 Å². The van der Waals surface area contributed by atoms with Crippen LogP contribution in [-0.4, -0.2) is 128 Å². The van der Waals surface area contributed by atoms with Crippen molar-refractivity contribution in [3.63, 3.8) is 0 Å². The Balaban J connectivity index is 1.35. The summed E-state index contributed by atoms with van der Waals surface area (Å²) < 4.78 is 29.4. The van der Waals surface area contributed by atoms with Crippen LogP contribution in [0.25, 0.3) is 0 Å². The van der Waals surface area contributed by atoms with Gasteiger partial charge in [-0.15, -0.1) is 0 Å². The molecular weight excluding hydrogens is 526 g/mol. The molecule has 17 heteroatoms. The monoisotopic (exact) mass is 563 g/mol. The molecule has 12 N–H and O–H groups in total. The lowest BCUT2D eigenvalue weighted by molar-refractivity contribution is -0.299. The number of aliphatic hydroxyl groups excluding tert-OH is 5. The van der Waals surface area contributed by atoms with Crippen molar-refractivity contribution in [2.75, 3.05) is 19.8 Å². The summed E-state index contributed by atoms with van der Waals surface area (Å²) in [5.41, 5.74) is 16.5. The van der Waals surface area contributed by atoms with Gasteiger partial charge in [0.15, 0.2) is 12.6 Å². The lowest BCUT2D eigenvalue weighted by Crippen LogP contribution is -2.65. The van der Waals surface area contributed by atoms with Gasteiger partial charge < -0.3 is 66.4 Å². The summed E-state index contributed by atoms with van der Waals surface area (Å²) in [7, 11) is 0. The fourth-order valence-corrected chi connectivity index (χ4v) is 4.75. The number of rotatable bonds is 8. The van der Waals surface area contributed by atoms with Crippen LogP contribution in [0, 0.1) is 6.92 Å². The number of aryl methyl sites for hydroxylation is 1. The molecule has 17 nitrogen and oxygen atoms in total. The summed E-state index contributed by atoms with van der Waals surface area (Å²) in [6.45, 7) is 0.812. The Morgan fingerprint density at radius 3 is 2.03 bits per heavy atom. The molecule has 0 saturated carbocycles. The highest BCUT2D eigenvalue weighted by molar-refractivity contribution is 5.02. The van der Waals surface area contributed by atoms with Gasteiger partial charge in [-0.25, -0.2) is 4.79 Å². The second-order valence-corrected chi connectivity index (χ2v) is 10.0. The Hall–Kier alpha value is -1.84. The van der Waals surface area contributed by atoms with E-state index in [9.17, 15) is 35.1 Å². The number of hydrogen-bond acceptors (Lipinski definition) is 15. The summed E-state index contributed by atoms with van der Waals surface area (Å²) in [4.78, 5) is 26.0. The van der Waals surface area contributed by atoms with E-state index in [1.807, 2.05) is 0 Å². The smallest absolute Gasteiger partial charge is 0.330 e. The quantitative estimate of drug-likeness (QED) is 0.142. The van der Waals surface area contributed by atoms with E-state index in [4.69, 9.17) is 40.9 Å². The zero-order chi connectivity index (χ0) is 28.6. The number of nitrogens with one attached hydrogen (secondary N) is 1. The van der Waals surface area contributed by atoms with E-state index in [0.29, 0.717) is 5.56 Å². The average Bonchev–Trinajstić information content (AvgIpc) is 3.27. The maximum absolute atomic E-state index is 12.2. The highest BCUT2D eigenvalue weighted by atomic mass is 16.7. The molecule has 4 rings (SSSR count). The molecule has 0 aliphatic carbocycles. The van der Waals surface area contributed by atoms with Gasteiger partial charge in [0.25, 0.3) is 5.56 Å². The lowest BCUT2D eigenvalue weighted by atomic mass is 9.96. The fourth-order valence-electron chi connectivity index (χ4n) is 4.75. The summed E-state index contributed by atoms with van der Waals surface area (Å²) >= 11 is 0. The van der Waals surface area contributed by atoms with Crippen LogP contribution in [0.2, 0.25) is 0 Å². The molecule has 0 radical (unpaired) electrons. The van der Waals surface area contributed by atoms with Crippen molar-refractivity contribution in [3.8, 4) is 0 Å². The first-order valence-electron chi connectivity index (χ1n) is 12.6.